The summed E-state index contributed by atoms with van der Waals surface area (Å²) in [5, 5.41) is 18.9. The van der Waals surface area contributed by atoms with Crippen LogP contribution in [0.1, 0.15) is 27.8 Å². The minimum atomic E-state index is -2.94. The predicted octanol–water partition coefficient (Wildman–Crippen LogP) is 1.78. The van der Waals surface area contributed by atoms with E-state index in [-0.39, 0.29) is 18.0 Å². The lowest BCUT2D eigenvalue weighted by Gasteiger charge is -2.13. The van der Waals surface area contributed by atoms with Crippen LogP contribution in [0.25, 0.3) is 0 Å². The number of aromatic amines is 1. The van der Waals surface area contributed by atoms with E-state index in [4.69, 9.17) is 0 Å². The second-order valence-corrected chi connectivity index (χ2v) is 4.61. The largest absolute Gasteiger partial charge is 0.435 e. The maximum Gasteiger partial charge on any atom is 0.387 e. The van der Waals surface area contributed by atoms with Crippen LogP contribution >= 0.6 is 0 Å². The number of aliphatic hydroxyl groups is 1. The number of aromatic nitrogens is 2. The Bertz CT molecular complexity index is 646. The number of halogens is 2. The molecule has 6 nitrogen and oxygen atoms in total. The molecule has 0 fully saturated rings. The summed E-state index contributed by atoms with van der Waals surface area (Å²) in [4.78, 5) is 11.8. The number of nitrogens with zero attached hydrogens (tertiary/aromatic N) is 1. The van der Waals surface area contributed by atoms with E-state index in [1.807, 2.05) is 0 Å². The number of rotatable bonds is 6. The Balaban J connectivity index is 1.94. The van der Waals surface area contributed by atoms with Crippen molar-refractivity contribution in [2.24, 2.45) is 0 Å². The first-order chi connectivity index (χ1) is 10.5. The number of hydrogen-bond acceptors (Lipinski definition) is 4. The van der Waals surface area contributed by atoms with E-state index in [1.54, 1.807) is 19.1 Å². The number of hydrogen-bond donors (Lipinski definition) is 3. The Morgan fingerprint density at radius 3 is 2.86 bits per heavy atom. The number of carbonyl (C=O) groups is 1. The number of alkyl halides is 2. The molecule has 0 saturated heterocycles. The van der Waals surface area contributed by atoms with Gasteiger partial charge in [-0.2, -0.15) is 13.9 Å². The van der Waals surface area contributed by atoms with Gasteiger partial charge in [0.15, 0.2) is 0 Å². The van der Waals surface area contributed by atoms with E-state index in [9.17, 15) is 18.7 Å². The third kappa shape index (κ3) is 4.26. The van der Waals surface area contributed by atoms with Crippen LogP contribution in [0.3, 0.4) is 0 Å². The smallest absolute Gasteiger partial charge is 0.387 e. The van der Waals surface area contributed by atoms with E-state index in [0.29, 0.717) is 5.56 Å². The van der Waals surface area contributed by atoms with Crippen molar-refractivity contribution in [2.45, 2.75) is 19.6 Å². The summed E-state index contributed by atoms with van der Waals surface area (Å²) in [7, 11) is 0. The van der Waals surface area contributed by atoms with E-state index in [1.165, 1.54) is 18.2 Å². The molecule has 0 aliphatic carbocycles. The van der Waals surface area contributed by atoms with Crippen LogP contribution in [0.4, 0.5) is 8.78 Å². The van der Waals surface area contributed by atoms with Crippen molar-refractivity contribution in [1.29, 1.82) is 0 Å². The van der Waals surface area contributed by atoms with Crippen LogP contribution in [0.5, 0.6) is 5.75 Å². The highest BCUT2D eigenvalue weighted by Crippen LogP contribution is 2.20. The SMILES string of the molecule is Cc1cc(C(=O)NCC(O)c2cccc(OC(F)F)c2)n[nH]1. The number of benzene rings is 1. The first-order valence-corrected chi connectivity index (χ1v) is 6.48. The van der Waals surface area contributed by atoms with Crippen molar-refractivity contribution in [1.82, 2.24) is 15.5 Å². The number of aryl methyl sites for hydroxylation is 1. The zero-order chi connectivity index (χ0) is 16.1. The average molecular weight is 311 g/mol. The van der Waals surface area contributed by atoms with E-state index in [2.05, 4.69) is 20.3 Å². The molecule has 1 amide bonds. The number of ether oxygens (including phenoxy) is 1. The highest BCUT2D eigenvalue weighted by Gasteiger charge is 2.14. The third-order valence-corrected chi connectivity index (χ3v) is 2.86. The summed E-state index contributed by atoms with van der Waals surface area (Å²) in [6.07, 6.45) is -1.05. The van der Waals surface area contributed by atoms with Gasteiger partial charge in [-0.15, -0.1) is 0 Å². The molecule has 1 unspecified atom stereocenters. The molecule has 1 aromatic carbocycles. The minimum Gasteiger partial charge on any atom is -0.435 e. The second-order valence-electron chi connectivity index (χ2n) is 4.61. The van der Waals surface area contributed by atoms with Gasteiger partial charge in [0.2, 0.25) is 0 Å². The van der Waals surface area contributed by atoms with E-state index < -0.39 is 18.6 Å². The van der Waals surface area contributed by atoms with Crippen LogP contribution < -0.4 is 10.1 Å². The van der Waals surface area contributed by atoms with Gasteiger partial charge in [-0.3, -0.25) is 9.89 Å². The summed E-state index contributed by atoms with van der Waals surface area (Å²) in [5.41, 5.74) is 1.30. The summed E-state index contributed by atoms with van der Waals surface area (Å²) in [5.74, 6) is -0.496. The minimum absolute atomic E-state index is 0.0548. The highest BCUT2D eigenvalue weighted by atomic mass is 19.3. The van der Waals surface area contributed by atoms with E-state index in [0.717, 1.165) is 5.69 Å². The van der Waals surface area contributed by atoms with Crippen LogP contribution in [-0.4, -0.2) is 34.4 Å². The molecule has 0 radical (unpaired) electrons. The maximum atomic E-state index is 12.1. The number of H-pyrrole nitrogens is 1. The molecule has 0 aliphatic rings. The first-order valence-electron chi connectivity index (χ1n) is 6.48. The summed E-state index contributed by atoms with van der Waals surface area (Å²) in [6, 6.07) is 7.25. The molecule has 0 bridgehead atoms. The van der Waals surface area contributed by atoms with Gasteiger partial charge < -0.3 is 15.2 Å². The molecule has 118 valence electrons. The van der Waals surface area contributed by atoms with Crippen molar-refractivity contribution >= 4 is 5.91 Å². The maximum absolute atomic E-state index is 12.1. The lowest BCUT2D eigenvalue weighted by Crippen LogP contribution is -2.28. The number of amides is 1. The summed E-state index contributed by atoms with van der Waals surface area (Å²) >= 11 is 0. The zero-order valence-electron chi connectivity index (χ0n) is 11.7. The van der Waals surface area contributed by atoms with Crippen molar-refractivity contribution < 1.29 is 23.4 Å². The molecule has 2 aromatic rings. The normalized spacial score (nSPS) is 12.2. The molecule has 1 atom stereocenters. The predicted molar refractivity (Wildman–Crippen MR) is 73.7 cm³/mol. The molecule has 0 saturated carbocycles. The fourth-order valence-corrected chi connectivity index (χ4v) is 1.83. The third-order valence-electron chi connectivity index (χ3n) is 2.86. The van der Waals surface area contributed by atoms with Crippen LogP contribution in [0.15, 0.2) is 30.3 Å². The summed E-state index contributed by atoms with van der Waals surface area (Å²) in [6.45, 7) is -1.26. The molecule has 0 spiro atoms. The van der Waals surface area contributed by atoms with Crippen LogP contribution in [0.2, 0.25) is 0 Å². The highest BCUT2D eigenvalue weighted by molar-refractivity contribution is 5.92. The molecule has 8 heteroatoms. The van der Waals surface area contributed by atoms with Gasteiger partial charge in [0, 0.05) is 12.2 Å². The second kappa shape index (κ2) is 6.99. The Morgan fingerprint density at radius 1 is 1.45 bits per heavy atom. The molecule has 1 heterocycles. The fourth-order valence-electron chi connectivity index (χ4n) is 1.83. The van der Waals surface area contributed by atoms with Gasteiger partial charge in [0.05, 0.1) is 6.10 Å². The number of aliphatic hydroxyl groups excluding tert-OH is 1. The molecule has 1 aromatic heterocycles. The van der Waals surface area contributed by atoms with Gasteiger partial charge in [-0.05, 0) is 30.7 Å². The zero-order valence-corrected chi connectivity index (χ0v) is 11.7. The Kier molecular flexibility index (Phi) is 5.05. The molecular formula is C14H15F2N3O3. The number of carbonyl (C=O) groups excluding carboxylic acids is 1. The Morgan fingerprint density at radius 2 is 2.23 bits per heavy atom. The van der Waals surface area contributed by atoms with Crippen LogP contribution in [0, 0.1) is 6.92 Å². The lowest BCUT2D eigenvalue weighted by atomic mass is 10.1. The lowest BCUT2D eigenvalue weighted by molar-refractivity contribution is -0.0499. The monoisotopic (exact) mass is 311 g/mol. The molecule has 22 heavy (non-hydrogen) atoms. The van der Waals surface area contributed by atoms with Gasteiger partial charge in [0.25, 0.3) is 5.91 Å². The average Bonchev–Trinajstić information content (AvgIpc) is 2.90. The van der Waals surface area contributed by atoms with E-state index >= 15 is 0 Å². The fraction of sp³-hybridized carbons (Fsp3) is 0.286. The molecule has 3 N–H and O–H groups in total. The van der Waals surface area contributed by atoms with Crippen molar-refractivity contribution in [3.63, 3.8) is 0 Å². The topological polar surface area (TPSA) is 87.2 Å². The van der Waals surface area contributed by atoms with Gasteiger partial charge in [0.1, 0.15) is 11.4 Å². The molecule has 2 rings (SSSR count). The Labute approximate surface area is 125 Å². The van der Waals surface area contributed by atoms with Crippen LogP contribution in [-0.2, 0) is 0 Å². The van der Waals surface area contributed by atoms with Gasteiger partial charge >= 0.3 is 6.61 Å². The first kappa shape index (κ1) is 15.9. The summed E-state index contributed by atoms with van der Waals surface area (Å²) < 4.78 is 28.5. The molecular weight excluding hydrogens is 296 g/mol. The quantitative estimate of drug-likeness (QED) is 0.759. The number of nitrogens with one attached hydrogen (secondary N) is 2. The Hall–Kier alpha value is -2.48. The van der Waals surface area contributed by atoms with Crippen molar-refractivity contribution in [3.8, 4) is 5.75 Å². The van der Waals surface area contributed by atoms with Gasteiger partial charge in [-0.25, -0.2) is 0 Å². The standard InChI is InChI=1S/C14H15F2N3O3/c1-8-5-11(19-18-8)13(21)17-7-12(20)9-3-2-4-10(6-9)22-14(15)16/h2-6,12,14,20H,7H2,1H3,(H,17,21)(H,18,19). The van der Waals surface area contributed by atoms with Crippen molar-refractivity contribution in [2.75, 3.05) is 6.54 Å². The van der Waals surface area contributed by atoms with Gasteiger partial charge in [-0.1, -0.05) is 12.1 Å². The molecule has 0 aliphatic heterocycles. The van der Waals surface area contributed by atoms with Crippen molar-refractivity contribution in [3.05, 3.63) is 47.3 Å².